The van der Waals surface area contributed by atoms with Gasteiger partial charge in [-0.05, 0) is 30.7 Å². The fourth-order valence-electron chi connectivity index (χ4n) is 1.28. The first kappa shape index (κ1) is 12.3. The van der Waals surface area contributed by atoms with Crippen LogP contribution in [0.3, 0.4) is 0 Å². The van der Waals surface area contributed by atoms with Crippen LogP contribution in [0.15, 0.2) is 24.3 Å². The molecule has 0 aliphatic heterocycles. The van der Waals surface area contributed by atoms with Gasteiger partial charge in [-0.15, -0.1) is 0 Å². The van der Waals surface area contributed by atoms with E-state index in [4.69, 9.17) is 0 Å². The molecule has 84 valence electrons. The van der Waals surface area contributed by atoms with Crippen LogP contribution < -0.4 is 5.32 Å². The molecule has 1 aromatic rings. The van der Waals surface area contributed by atoms with E-state index >= 15 is 0 Å². The Balaban J connectivity index is 2.17. The lowest BCUT2D eigenvalue weighted by Crippen LogP contribution is -2.16. The molecule has 1 atom stereocenters. The molecule has 0 amide bonds. The molecule has 0 fully saturated rings. The Labute approximate surface area is 92.3 Å². The summed E-state index contributed by atoms with van der Waals surface area (Å²) in [6.45, 7) is 1.48. The average Bonchev–Trinajstić information content (AvgIpc) is 2.17. The van der Waals surface area contributed by atoms with Crippen LogP contribution in [0.4, 0.5) is 4.39 Å². The van der Waals surface area contributed by atoms with Gasteiger partial charge in [0.1, 0.15) is 5.82 Å². The predicted octanol–water partition coefficient (Wildman–Crippen LogP) is 1.68. The predicted molar refractivity (Wildman–Crippen MR) is 61.7 cm³/mol. The Hall–Kier alpha value is -0.740. The zero-order valence-electron chi connectivity index (χ0n) is 8.83. The molecule has 0 radical (unpaired) electrons. The minimum atomic E-state index is -0.717. The number of rotatable bonds is 6. The summed E-state index contributed by atoms with van der Waals surface area (Å²) in [7, 11) is -0.717. The molecular weight excluding hydrogens is 213 g/mol. The van der Waals surface area contributed by atoms with E-state index in [1.807, 2.05) is 6.07 Å². The van der Waals surface area contributed by atoms with E-state index in [1.165, 1.54) is 12.1 Å². The Morgan fingerprint density at radius 3 is 2.93 bits per heavy atom. The molecule has 0 aliphatic carbocycles. The lowest BCUT2D eigenvalue weighted by molar-refractivity contribution is 0.619. The zero-order chi connectivity index (χ0) is 11.1. The third-order valence-corrected chi connectivity index (χ3v) is 2.87. The molecule has 2 nitrogen and oxygen atoms in total. The summed E-state index contributed by atoms with van der Waals surface area (Å²) in [5, 5.41) is 3.18. The summed E-state index contributed by atoms with van der Waals surface area (Å²) in [4.78, 5) is 0. The highest BCUT2D eigenvalue weighted by Gasteiger charge is 1.95. The maximum absolute atomic E-state index is 12.8. The van der Waals surface area contributed by atoms with Crippen molar-refractivity contribution in [3.8, 4) is 0 Å². The van der Waals surface area contributed by atoms with Gasteiger partial charge < -0.3 is 5.32 Å². The fourth-order valence-corrected chi connectivity index (χ4v) is 1.83. The van der Waals surface area contributed by atoms with Gasteiger partial charge in [-0.2, -0.15) is 0 Å². The van der Waals surface area contributed by atoms with Crippen molar-refractivity contribution in [3.05, 3.63) is 35.6 Å². The molecule has 1 unspecified atom stereocenters. The summed E-state index contributed by atoms with van der Waals surface area (Å²) in [5.74, 6) is 0.514. The van der Waals surface area contributed by atoms with E-state index in [0.29, 0.717) is 6.54 Å². The van der Waals surface area contributed by atoms with Crippen LogP contribution in [0.25, 0.3) is 0 Å². The van der Waals surface area contributed by atoms with Crippen molar-refractivity contribution in [2.24, 2.45) is 0 Å². The molecule has 1 N–H and O–H groups in total. The quantitative estimate of drug-likeness (QED) is 0.752. The van der Waals surface area contributed by atoms with Gasteiger partial charge in [-0.1, -0.05) is 12.1 Å². The number of benzene rings is 1. The van der Waals surface area contributed by atoms with Crippen molar-refractivity contribution in [2.45, 2.75) is 13.0 Å². The molecule has 0 spiro atoms. The van der Waals surface area contributed by atoms with Crippen molar-refractivity contribution >= 4 is 10.8 Å². The fraction of sp³-hybridized carbons (Fsp3) is 0.455. The second-order valence-electron chi connectivity index (χ2n) is 3.44. The summed E-state index contributed by atoms with van der Waals surface area (Å²) in [6, 6.07) is 6.54. The lowest BCUT2D eigenvalue weighted by atomic mass is 10.2. The Morgan fingerprint density at radius 1 is 1.47 bits per heavy atom. The van der Waals surface area contributed by atoms with Gasteiger partial charge in [0, 0.05) is 29.4 Å². The molecular formula is C11H16FNOS. The molecule has 0 aliphatic rings. The van der Waals surface area contributed by atoms with E-state index < -0.39 is 10.8 Å². The van der Waals surface area contributed by atoms with Crippen LogP contribution in [0.5, 0.6) is 0 Å². The normalized spacial score (nSPS) is 12.7. The van der Waals surface area contributed by atoms with Crippen molar-refractivity contribution in [1.29, 1.82) is 0 Å². The highest BCUT2D eigenvalue weighted by Crippen LogP contribution is 2.02. The third kappa shape index (κ3) is 5.64. The van der Waals surface area contributed by atoms with E-state index in [1.54, 1.807) is 12.3 Å². The first-order valence-corrected chi connectivity index (χ1v) is 6.66. The van der Waals surface area contributed by atoms with Gasteiger partial charge in [0.15, 0.2) is 0 Å². The molecule has 0 bridgehead atoms. The number of halogens is 1. The Morgan fingerprint density at radius 2 is 2.27 bits per heavy atom. The summed E-state index contributed by atoms with van der Waals surface area (Å²) in [6.07, 6.45) is 2.59. The minimum absolute atomic E-state index is 0.205. The monoisotopic (exact) mass is 229 g/mol. The molecule has 0 aromatic heterocycles. The van der Waals surface area contributed by atoms with Crippen molar-refractivity contribution in [3.63, 3.8) is 0 Å². The van der Waals surface area contributed by atoms with E-state index in [2.05, 4.69) is 5.32 Å². The number of hydrogen-bond donors (Lipinski definition) is 1. The molecule has 0 saturated carbocycles. The standard InChI is InChI=1S/C11H16FNOS/c1-15(14)7-3-6-13-9-10-4-2-5-11(12)8-10/h2,4-5,8,13H,3,6-7,9H2,1H3. The number of hydrogen-bond acceptors (Lipinski definition) is 2. The second kappa shape index (κ2) is 6.69. The van der Waals surface area contributed by atoms with Crippen LogP contribution in [-0.2, 0) is 17.3 Å². The third-order valence-electron chi connectivity index (χ3n) is 2.00. The topological polar surface area (TPSA) is 29.1 Å². The van der Waals surface area contributed by atoms with E-state index in [0.717, 1.165) is 24.3 Å². The lowest BCUT2D eigenvalue weighted by Gasteiger charge is -2.04. The van der Waals surface area contributed by atoms with Crippen molar-refractivity contribution in [2.75, 3.05) is 18.6 Å². The van der Waals surface area contributed by atoms with Crippen molar-refractivity contribution in [1.82, 2.24) is 5.32 Å². The molecule has 0 heterocycles. The first-order chi connectivity index (χ1) is 7.18. The highest BCUT2D eigenvalue weighted by molar-refractivity contribution is 7.84. The van der Waals surface area contributed by atoms with Gasteiger partial charge in [0.2, 0.25) is 0 Å². The second-order valence-corrected chi connectivity index (χ2v) is 4.99. The zero-order valence-corrected chi connectivity index (χ0v) is 9.65. The molecule has 1 rings (SSSR count). The number of nitrogens with one attached hydrogen (secondary N) is 1. The maximum atomic E-state index is 12.8. The van der Waals surface area contributed by atoms with Crippen LogP contribution in [0.2, 0.25) is 0 Å². The smallest absolute Gasteiger partial charge is 0.123 e. The maximum Gasteiger partial charge on any atom is 0.123 e. The minimum Gasteiger partial charge on any atom is -0.313 e. The van der Waals surface area contributed by atoms with Gasteiger partial charge in [-0.3, -0.25) is 4.21 Å². The van der Waals surface area contributed by atoms with Crippen molar-refractivity contribution < 1.29 is 8.60 Å². The summed E-state index contributed by atoms with van der Waals surface area (Å²) in [5.41, 5.74) is 0.938. The van der Waals surface area contributed by atoms with Crippen LogP contribution in [-0.4, -0.2) is 22.8 Å². The van der Waals surface area contributed by atoms with Crippen LogP contribution >= 0.6 is 0 Å². The van der Waals surface area contributed by atoms with Crippen LogP contribution in [0.1, 0.15) is 12.0 Å². The molecule has 4 heteroatoms. The van der Waals surface area contributed by atoms with Gasteiger partial charge in [-0.25, -0.2) is 4.39 Å². The SMILES string of the molecule is CS(=O)CCCNCc1cccc(F)c1. The Bertz CT molecular complexity index is 330. The summed E-state index contributed by atoms with van der Waals surface area (Å²) >= 11 is 0. The van der Waals surface area contributed by atoms with Gasteiger partial charge in [0.05, 0.1) is 0 Å². The summed E-state index contributed by atoms with van der Waals surface area (Å²) < 4.78 is 23.5. The average molecular weight is 229 g/mol. The molecule has 15 heavy (non-hydrogen) atoms. The molecule has 0 saturated heterocycles. The molecule has 1 aromatic carbocycles. The van der Waals surface area contributed by atoms with E-state index in [9.17, 15) is 8.60 Å². The Kier molecular flexibility index (Phi) is 5.50. The highest BCUT2D eigenvalue weighted by atomic mass is 32.2. The van der Waals surface area contributed by atoms with Gasteiger partial charge >= 0.3 is 0 Å². The first-order valence-electron chi connectivity index (χ1n) is 4.93. The largest absolute Gasteiger partial charge is 0.313 e. The van der Waals surface area contributed by atoms with Gasteiger partial charge in [0.25, 0.3) is 0 Å². The van der Waals surface area contributed by atoms with E-state index in [-0.39, 0.29) is 5.82 Å². The van der Waals surface area contributed by atoms with Crippen LogP contribution in [0, 0.1) is 5.82 Å².